The summed E-state index contributed by atoms with van der Waals surface area (Å²) in [5, 5.41) is 11.4. The highest BCUT2D eigenvalue weighted by Crippen LogP contribution is 2.20. The van der Waals surface area contributed by atoms with E-state index in [9.17, 15) is 18.5 Å². The molecule has 3 rings (SSSR count). The fourth-order valence-corrected chi connectivity index (χ4v) is 4.25. The highest BCUT2D eigenvalue weighted by Gasteiger charge is 2.20. The molecule has 0 bridgehead atoms. The van der Waals surface area contributed by atoms with Gasteiger partial charge < -0.3 is 14.2 Å². The number of ether oxygens (including phenoxy) is 3. The van der Waals surface area contributed by atoms with Gasteiger partial charge in [0.25, 0.3) is 11.1 Å². The zero-order valence-corrected chi connectivity index (χ0v) is 20.6. The van der Waals surface area contributed by atoms with E-state index in [0.717, 1.165) is 11.5 Å². The summed E-state index contributed by atoms with van der Waals surface area (Å²) in [5.41, 5.74) is 0.420. The van der Waals surface area contributed by atoms with Gasteiger partial charge in [-0.3, -0.25) is 10.1 Å². The molecule has 12 heteroatoms. The van der Waals surface area contributed by atoms with Crippen molar-refractivity contribution in [3.8, 4) is 23.3 Å². The maximum Gasteiger partial charge on any atom is 0.268 e. The Bertz CT molecular complexity index is 1340. The van der Waals surface area contributed by atoms with Gasteiger partial charge >= 0.3 is 0 Å². The molecule has 0 unspecified atom stereocenters. The van der Waals surface area contributed by atoms with E-state index in [-0.39, 0.29) is 21.6 Å². The lowest BCUT2D eigenvalue weighted by Gasteiger charge is -2.09. The summed E-state index contributed by atoms with van der Waals surface area (Å²) in [6.07, 6.45) is 1.40. The summed E-state index contributed by atoms with van der Waals surface area (Å²) in [4.78, 5) is 16.2. The first kappa shape index (κ1) is 25.7. The van der Waals surface area contributed by atoms with Crippen LogP contribution in [0.1, 0.15) is 12.5 Å². The molecule has 0 aliphatic carbocycles. The van der Waals surface area contributed by atoms with Crippen molar-refractivity contribution in [3.05, 3.63) is 59.7 Å². The molecule has 1 amide bonds. The first-order valence-corrected chi connectivity index (χ1v) is 12.8. The van der Waals surface area contributed by atoms with Crippen molar-refractivity contribution in [2.75, 3.05) is 31.4 Å². The second-order valence-electron chi connectivity index (χ2n) is 6.85. The fraction of sp³-hybridized carbons (Fsp3) is 0.217. The van der Waals surface area contributed by atoms with Crippen LogP contribution in [-0.4, -0.2) is 49.8 Å². The smallest absolute Gasteiger partial charge is 0.268 e. The van der Waals surface area contributed by atoms with Crippen LogP contribution in [0.5, 0.6) is 17.2 Å². The molecule has 3 aromatic rings. The maximum absolute atomic E-state index is 12.4. The molecule has 0 fully saturated rings. The van der Waals surface area contributed by atoms with Crippen molar-refractivity contribution in [1.82, 2.24) is 9.36 Å². The number of hydrogen-bond acceptors (Lipinski definition) is 10. The molecule has 1 N–H and O–H groups in total. The number of sulfone groups is 1. The molecule has 0 radical (unpaired) electrons. The number of carbonyl (C=O) groups is 1. The molecule has 0 spiro atoms. The number of nitrogens with zero attached hydrogens (tertiary/aromatic N) is 3. The van der Waals surface area contributed by atoms with E-state index < -0.39 is 15.7 Å². The van der Waals surface area contributed by atoms with Gasteiger partial charge in [0, 0.05) is 17.6 Å². The van der Waals surface area contributed by atoms with E-state index in [2.05, 4.69) is 14.7 Å². The highest BCUT2D eigenvalue weighted by molar-refractivity contribution is 7.91. The third-order valence-electron chi connectivity index (χ3n) is 4.50. The lowest BCUT2D eigenvalue weighted by Crippen LogP contribution is -2.13. The molecule has 0 atom stereocenters. The van der Waals surface area contributed by atoms with Gasteiger partial charge in [-0.05, 0) is 35.9 Å². The lowest BCUT2D eigenvalue weighted by atomic mass is 10.1. The quantitative estimate of drug-likeness (QED) is 0.232. The number of methoxy groups -OCH3 is 1. The molecule has 1 aromatic heterocycles. The average Bonchev–Trinajstić information content (AvgIpc) is 3.35. The Morgan fingerprint density at radius 3 is 2.46 bits per heavy atom. The van der Waals surface area contributed by atoms with E-state index in [4.69, 9.17) is 14.2 Å². The van der Waals surface area contributed by atoms with Gasteiger partial charge in [-0.1, -0.05) is 25.1 Å². The molecule has 2 aromatic carbocycles. The number of amides is 1. The number of hydrogen-bond donors (Lipinski definition) is 1. The lowest BCUT2D eigenvalue weighted by molar-refractivity contribution is -0.112. The topological polar surface area (TPSA) is 140 Å². The van der Waals surface area contributed by atoms with Gasteiger partial charge in [-0.2, -0.15) is 14.6 Å². The summed E-state index contributed by atoms with van der Waals surface area (Å²) >= 11 is 0.724. The second kappa shape index (κ2) is 12.0. The van der Waals surface area contributed by atoms with Crippen LogP contribution in [0.25, 0.3) is 6.08 Å². The van der Waals surface area contributed by atoms with Crippen molar-refractivity contribution in [1.29, 1.82) is 5.26 Å². The van der Waals surface area contributed by atoms with Gasteiger partial charge in [0.05, 0.1) is 12.9 Å². The minimum atomic E-state index is -3.58. The van der Waals surface area contributed by atoms with Gasteiger partial charge in [0.2, 0.25) is 15.0 Å². The molecule has 182 valence electrons. The molecular formula is C23H22N4O6S2. The average molecular weight is 515 g/mol. The Morgan fingerprint density at radius 1 is 1.11 bits per heavy atom. The molecule has 35 heavy (non-hydrogen) atoms. The monoisotopic (exact) mass is 514 g/mol. The van der Waals surface area contributed by atoms with Crippen LogP contribution < -0.4 is 19.5 Å². The SMILES string of the molecule is CCS(=O)(=O)c1nsc(NC(=O)C(C#N)=Cc2ccc(OCCOc3cccc(OC)c3)cc2)n1. The number of nitriles is 1. The second-order valence-corrected chi connectivity index (χ2v) is 9.78. The number of aromatic nitrogens is 2. The third-order valence-corrected chi connectivity index (χ3v) is 6.75. The number of rotatable bonds is 11. The summed E-state index contributed by atoms with van der Waals surface area (Å²) in [6, 6.07) is 15.9. The molecule has 0 saturated heterocycles. The molecule has 0 aliphatic heterocycles. The number of carbonyl (C=O) groups excluding carboxylic acids is 1. The predicted octanol–water partition coefficient (Wildman–Crippen LogP) is 3.34. The normalized spacial score (nSPS) is 11.4. The summed E-state index contributed by atoms with van der Waals surface area (Å²) in [6.45, 7) is 2.12. The maximum atomic E-state index is 12.4. The largest absolute Gasteiger partial charge is 0.497 e. The van der Waals surface area contributed by atoms with Crippen molar-refractivity contribution < 1.29 is 27.4 Å². The van der Waals surface area contributed by atoms with Crippen LogP contribution in [0.4, 0.5) is 5.13 Å². The molecule has 1 heterocycles. The van der Waals surface area contributed by atoms with E-state index in [1.165, 1.54) is 13.0 Å². The predicted molar refractivity (Wildman–Crippen MR) is 130 cm³/mol. The minimum Gasteiger partial charge on any atom is -0.497 e. The van der Waals surface area contributed by atoms with Gasteiger partial charge in [-0.15, -0.1) is 0 Å². The number of benzene rings is 2. The van der Waals surface area contributed by atoms with Crippen LogP contribution in [-0.2, 0) is 14.6 Å². The first-order chi connectivity index (χ1) is 16.8. The summed E-state index contributed by atoms with van der Waals surface area (Å²) < 4.78 is 43.8. The van der Waals surface area contributed by atoms with E-state index in [1.807, 2.05) is 24.3 Å². The van der Waals surface area contributed by atoms with Crippen LogP contribution in [0.15, 0.2) is 59.3 Å². The Balaban J connectivity index is 1.54. The zero-order valence-electron chi connectivity index (χ0n) is 18.9. The molecule has 0 saturated carbocycles. The third kappa shape index (κ3) is 7.26. The van der Waals surface area contributed by atoms with Gasteiger partial charge in [-0.25, -0.2) is 8.42 Å². The highest BCUT2D eigenvalue weighted by atomic mass is 32.2. The minimum absolute atomic E-state index is 0.0110. The standard InChI is InChI=1S/C23H22N4O6S2/c1-3-35(29,30)23-26-22(34-27-23)25-21(28)17(15-24)13-16-7-9-18(10-8-16)32-11-12-33-20-6-4-5-19(14-20)31-2/h4-10,13-14H,3,11-12H2,1-2H3,(H,25,26,27,28). The molecular weight excluding hydrogens is 492 g/mol. The Kier molecular flexibility index (Phi) is 8.77. The van der Waals surface area contributed by atoms with E-state index in [1.54, 1.807) is 37.4 Å². The van der Waals surface area contributed by atoms with E-state index >= 15 is 0 Å². The first-order valence-electron chi connectivity index (χ1n) is 10.3. The van der Waals surface area contributed by atoms with Crippen LogP contribution in [0.2, 0.25) is 0 Å². The number of anilines is 1. The number of nitrogens with one attached hydrogen (secondary N) is 1. The molecule has 0 aliphatic rings. The van der Waals surface area contributed by atoms with Gasteiger partial charge in [0.1, 0.15) is 42.1 Å². The zero-order chi connectivity index (χ0) is 25.3. The summed E-state index contributed by atoms with van der Waals surface area (Å²) in [5.74, 6) is 1.09. The fourth-order valence-electron chi connectivity index (χ4n) is 2.67. The molecule has 10 nitrogen and oxygen atoms in total. The Labute approximate surface area is 206 Å². The van der Waals surface area contributed by atoms with Gasteiger partial charge in [0.15, 0.2) is 0 Å². The van der Waals surface area contributed by atoms with Crippen molar-refractivity contribution in [3.63, 3.8) is 0 Å². The van der Waals surface area contributed by atoms with Crippen LogP contribution in [0.3, 0.4) is 0 Å². The Morgan fingerprint density at radius 2 is 1.80 bits per heavy atom. The van der Waals surface area contributed by atoms with Crippen molar-refractivity contribution in [2.45, 2.75) is 12.1 Å². The van der Waals surface area contributed by atoms with Crippen LogP contribution in [0, 0.1) is 11.3 Å². The summed E-state index contributed by atoms with van der Waals surface area (Å²) in [7, 11) is -2.00. The Hall–Kier alpha value is -3.95. The van der Waals surface area contributed by atoms with E-state index in [0.29, 0.717) is 36.0 Å². The van der Waals surface area contributed by atoms with Crippen molar-refractivity contribution in [2.24, 2.45) is 0 Å². The van der Waals surface area contributed by atoms with Crippen LogP contribution >= 0.6 is 11.5 Å². The van der Waals surface area contributed by atoms with Crippen molar-refractivity contribution >= 4 is 38.5 Å².